The Labute approximate surface area is 68.7 Å². The van der Waals surface area contributed by atoms with Gasteiger partial charge in [0.25, 0.3) is 0 Å². The van der Waals surface area contributed by atoms with Crippen LogP contribution in [0.4, 0.5) is 0 Å². The minimum absolute atomic E-state index is 0.402. The molecule has 2 unspecified atom stereocenters. The van der Waals surface area contributed by atoms with Gasteiger partial charge in [-0.1, -0.05) is 0 Å². The molecule has 1 aliphatic heterocycles. The van der Waals surface area contributed by atoms with E-state index in [4.69, 9.17) is 5.73 Å². The Hall–Kier alpha value is -0.0800. The molecule has 2 aliphatic rings. The zero-order chi connectivity index (χ0) is 7.84. The predicted octanol–water partition coefficient (Wildman–Crippen LogP) is 0.818. The lowest BCUT2D eigenvalue weighted by Crippen LogP contribution is -2.30. The standard InChI is InChI=1S/C9H18N2/c1-7(10)8-4-5-11(6-8)9-2-3-9/h7-9H,2-6,10H2,1H3. The number of rotatable bonds is 2. The molecule has 11 heavy (non-hydrogen) atoms. The second-order valence-electron chi connectivity index (χ2n) is 4.13. The van der Waals surface area contributed by atoms with E-state index in [9.17, 15) is 0 Å². The van der Waals surface area contributed by atoms with Gasteiger partial charge in [-0.3, -0.25) is 0 Å². The van der Waals surface area contributed by atoms with Gasteiger partial charge in [0.1, 0.15) is 0 Å². The fraction of sp³-hybridized carbons (Fsp3) is 1.00. The van der Waals surface area contributed by atoms with Crippen LogP contribution in [-0.2, 0) is 0 Å². The second-order valence-corrected chi connectivity index (χ2v) is 4.13. The van der Waals surface area contributed by atoms with Crippen molar-refractivity contribution in [3.8, 4) is 0 Å². The van der Waals surface area contributed by atoms with Gasteiger partial charge in [0, 0.05) is 18.6 Å². The quantitative estimate of drug-likeness (QED) is 0.638. The highest BCUT2D eigenvalue weighted by Gasteiger charge is 2.35. The molecule has 0 amide bonds. The first-order valence-corrected chi connectivity index (χ1v) is 4.77. The third-order valence-electron chi connectivity index (χ3n) is 3.06. The summed E-state index contributed by atoms with van der Waals surface area (Å²) in [5.41, 5.74) is 5.85. The third kappa shape index (κ3) is 1.57. The summed E-state index contributed by atoms with van der Waals surface area (Å²) in [6, 6.07) is 1.34. The van der Waals surface area contributed by atoms with Gasteiger partial charge < -0.3 is 10.6 Å². The summed E-state index contributed by atoms with van der Waals surface area (Å²) in [6.45, 7) is 4.71. The molecule has 0 radical (unpaired) electrons. The molecule has 1 aliphatic carbocycles. The summed E-state index contributed by atoms with van der Waals surface area (Å²) in [4.78, 5) is 2.62. The SMILES string of the molecule is CC(N)C1CCN(C2CC2)C1. The molecule has 2 rings (SSSR count). The van der Waals surface area contributed by atoms with Crippen molar-refractivity contribution in [2.75, 3.05) is 13.1 Å². The highest BCUT2D eigenvalue weighted by Crippen LogP contribution is 2.32. The van der Waals surface area contributed by atoms with Gasteiger partial charge in [0.15, 0.2) is 0 Å². The van der Waals surface area contributed by atoms with Crippen LogP contribution in [0, 0.1) is 5.92 Å². The predicted molar refractivity (Wildman–Crippen MR) is 46.4 cm³/mol. The smallest absolute Gasteiger partial charge is 0.00965 e. The van der Waals surface area contributed by atoms with Crippen LogP contribution in [0.15, 0.2) is 0 Å². The van der Waals surface area contributed by atoms with E-state index in [1.54, 1.807) is 0 Å². The maximum Gasteiger partial charge on any atom is 0.00965 e. The lowest BCUT2D eigenvalue weighted by atomic mass is 10.0. The van der Waals surface area contributed by atoms with Crippen molar-refractivity contribution >= 4 is 0 Å². The lowest BCUT2D eigenvalue weighted by molar-refractivity contribution is 0.306. The van der Waals surface area contributed by atoms with E-state index in [1.807, 2.05) is 0 Å². The highest BCUT2D eigenvalue weighted by molar-refractivity contribution is 4.91. The number of hydrogen-bond acceptors (Lipinski definition) is 2. The Bertz CT molecular complexity index is 132. The summed E-state index contributed by atoms with van der Waals surface area (Å²) < 4.78 is 0. The molecule has 1 heterocycles. The van der Waals surface area contributed by atoms with Gasteiger partial charge in [-0.05, 0) is 38.6 Å². The topological polar surface area (TPSA) is 29.3 Å². The van der Waals surface area contributed by atoms with Gasteiger partial charge in [-0.2, -0.15) is 0 Å². The Kier molecular flexibility index (Phi) is 1.90. The fourth-order valence-corrected chi connectivity index (χ4v) is 2.02. The van der Waals surface area contributed by atoms with Crippen molar-refractivity contribution in [1.29, 1.82) is 0 Å². The van der Waals surface area contributed by atoms with E-state index in [0.717, 1.165) is 12.0 Å². The number of nitrogens with zero attached hydrogens (tertiary/aromatic N) is 1. The number of likely N-dealkylation sites (tertiary alicyclic amines) is 1. The van der Waals surface area contributed by atoms with Crippen LogP contribution in [0.2, 0.25) is 0 Å². The monoisotopic (exact) mass is 154 g/mol. The normalized spacial score (nSPS) is 36.0. The average molecular weight is 154 g/mol. The van der Waals surface area contributed by atoms with E-state index in [-0.39, 0.29) is 0 Å². The van der Waals surface area contributed by atoms with Crippen LogP contribution in [0.3, 0.4) is 0 Å². The Morgan fingerprint density at radius 3 is 2.55 bits per heavy atom. The Morgan fingerprint density at radius 1 is 1.36 bits per heavy atom. The summed E-state index contributed by atoms with van der Waals surface area (Å²) >= 11 is 0. The molecule has 64 valence electrons. The zero-order valence-electron chi connectivity index (χ0n) is 7.29. The molecule has 0 aromatic heterocycles. The molecule has 2 N–H and O–H groups in total. The molecule has 0 bridgehead atoms. The average Bonchev–Trinajstić information content (AvgIpc) is 2.68. The van der Waals surface area contributed by atoms with Crippen LogP contribution >= 0.6 is 0 Å². The largest absolute Gasteiger partial charge is 0.328 e. The minimum atomic E-state index is 0.402. The first-order chi connectivity index (χ1) is 5.27. The first kappa shape index (κ1) is 7.56. The van der Waals surface area contributed by atoms with Gasteiger partial charge in [-0.15, -0.1) is 0 Å². The van der Waals surface area contributed by atoms with Crippen LogP contribution in [0.1, 0.15) is 26.2 Å². The van der Waals surface area contributed by atoms with Crippen molar-refractivity contribution in [3.63, 3.8) is 0 Å². The highest BCUT2D eigenvalue weighted by atomic mass is 15.2. The second kappa shape index (κ2) is 2.76. The van der Waals surface area contributed by atoms with Crippen molar-refractivity contribution in [1.82, 2.24) is 4.90 Å². The Morgan fingerprint density at radius 2 is 2.09 bits per heavy atom. The van der Waals surface area contributed by atoms with Crippen LogP contribution in [0.5, 0.6) is 0 Å². The molecular weight excluding hydrogens is 136 g/mol. The van der Waals surface area contributed by atoms with E-state index < -0.39 is 0 Å². The summed E-state index contributed by atoms with van der Waals surface area (Å²) in [5.74, 6) is 0.774. The molecule has 1 saturated carbocycles. The van der Waals surface area contributed by atoms with Crippen molar-refractivity contribution in [2.24, 2.45) is 11.7 Å². The van der Waals surface area contributed by atoms with Crippen LogP contribution in [-0.4, -0.2) is 30.1 Å². The van der Waals surface area contributed by atoms with E-state index >= 15 is 0 Å². The van der Waals surface area contributed by atoms with Gasteiger partial charge in [-0.25, -0.2) is 0 Å². The van der Waals surface area contributed by atoms with Gasteiger partial charge in [0.05, 0.1) is 0 Å². The molecule has 1 saturated heterocycles. The van der Waals surface area contributed by atoms with Crippen LogP contribution in [0.25, 0.3) is 0 Å². The molecule has 2 fully saturated rings. The van der Waals surface area contributed by atoms with Gasteiger partial charge in [0.2, 0.25) is 0 Å². The minimum Gasteiger partial charge on any atom is -0.328 e. The summed E-state index contributed by atoms with van der Waals surface area (Å²) in [6.07, 6.45) is 4.20. The van der Waals surface area contributed by atoms with Gasteiger partial charge >= 0.3 is 0 Å². The first-order valence-electron chi connectivity index (χ1n) is 4.77. The van der Waals surface area contributed by atoms with E-state index in [1.165, 1.54) is 32.4 Å². The molecule has 0 spiro atoms. The van der Waals surface area contributed by atoms with Crippen molar-refractivity contribution < 1.29 is 0 Å². The molecule has 2 heteroatoms. The lowest BCUT2D eigenvalue weighted by Gasteiger charge is -2.16. The van der Waals surface area contributed by atoms with Crippen LogP contribution < -0.4 is 5.73 Å². The molecule has 0 aromatic carbocycles. The molecular formula is C9H18N2. The molecule has 2 nitrogen and oxygen atoms in total. The number of hydrogen-bond donors (Lipinski definition) is 1. The molecule has 2 atom stereocenters. The third-order valence-corrected chi connectivity index (χ3v) is 3.06. The molecule has 0 aromatic rings. The van der Waals surface area contributed by atoms with E-state index in [0.29, 0.717) is 6.04 Å². The number of nitrogens with two attached hydrogens (primary N) is 1. The zero-order valence-corrected chi connectivity index (χ0v) is 7.29. The fourth-order valence-electron chi connectivity index (χ4n) is 2.02. The summed E-state index contributed by atoms with van der Waals surface area (Å²) in [7, 11) is 0. The maximum atomic E-state index is 5.85. The van der Waals surface area contributed by atoms with Crippen molar-refractivity contribution in [2.45, 2.75) is 38.3 Å². The Balaban J connectivity index is 1.82. The summed E-state index contributed by atoms with van der Waals surface area (Å²) in [5, 5.41) is 0. The van der Waals surface area contributed by atoms with Crippen molar-refractivity contribution in [3.05, 3.63) is 0 Å². The maximum absolute atomic E-state index is 5.85. The van der Waals surface area contributed by atoms with E-state index in [2.05, 4.69) is 11.8 Å².